The van der Waals surface area contributed by atoms with E-state index in [2.05, 4.69) is 24.0 Å². The van der Waals surface area contributed by atoms with Gasteiger partial charge < -0.3 is 9.32 Å². The third-order valence-corrected chi connectivity index (χ3v) is 5.61. The summed E-state index contributed by atoms with van der Waals surface area (Å²) in [5.74, 6) is 0.447. The van der Waals surface area contributed by atoms with Crippen molar-refractivity contribution >= 4 is 16.9 Å². The highest BCUT2D eigenvalue weighted by Crippen LogP contribution is 2.34. The van der Waals surface area contributed by atoms with Crippen molar-refractivity contribution in [2.45, 2.75) is 46.1 Å². The Morgan fingerprint density at radius 1 is 1.12 bits per heavy atom. The number of pyridine rings is 1. The smallest absolute Gasteiger partial charge is 0.290 e. The van der Waals surface area contributed by atoms with Crippen LogP contribution in [0.5, 0.6) is 0 Å². The summed E-state index contributed by atoms with van der Waals surface area (Å²) in [6.45, 7) is 6.84. The van der Waals surface area contributed by atoms with Gasteiger partial charge in [0.2, 0.25) is 0 Å². The summed E-state index contributed by atoms with van der Waals surface area (Å²) in [6, 6.07) is 10.1. The van der Waals surface area contributed by atoms with Gasteiger partial charge in [0.15, 0.2) is 5.76 Å². The predicted octanol–water partition coefficient (Wildman–Crippen LogP) is 5.12. The van der Waals surface area contributed by atoms with E-state index in [1.807, 2.05) is 36.9 Å². The molecule has 26 heavy (non-hydrogen) atoms. The van der Waals surface area contributed by atoms with Crippen LogP contribution in [0.1, 0.15) is 58.2 Å². The maximum atomic E-state index is 13.4. The number of fused-ring (bicyclic) bond motifs is 1. The van der Waals surface area contributed by atoms with Crippen molar-refractivity contribution in [1.82, 2.24) is 9.88 Å². The fraction of sp³-hybridized carbons (Fsp3) is 0.364. The number of nitrogens with zero attached hydrogens (tertiary/aromatic N) is 2. The van der Waals surface area contributed by atoms with Crippen LogP contribution in [0.3, 0.4) is 0 Å². The van der Waals surface area contributed by atoms with Crippen molar-refractivity contribution in [1.29, 1.82) is 0 Å². The summed E-state index contributed by atoms with van der Waals surface area (Å²) >= 11 is 0. The van der Waals surface area contributed by atoms with Gasteiger partial charge in [-0.1, -0.05) is 18.2 Å². The van der Waals surface area contributed by atoms with E-state index in [9.17, 15) is 4.79 Å². The first-order valence-corrected chi connectivity index (χ1v) is 9.29. The molecule has 1 aliphatic rings. The molecule has 4 rings (SSSR count). The van der Waals surface area contributed by atoms with Gasteiger partial charge in [0, 0.05) is 23.7 Å². The summed E-state index contributed by atoms with van der Waals surface area (Å²) in [7, 11) is 0. The Balaban J connectivity index is 1.75. The minimum atomic E-state index is -0.0221. The molecule has 4 heteroatoms. The van der Waals surface area contributed by atoms with Gasteiger partial charge in [-0.25, -0.2) is 0 Å². The van der Waals surface area contributed by atoms with E-state index in [0.29, 0.717) is 5.76 Å². The first-order chi connectivity index (χ1) is 12.6. The average molecular weight is 348 g/mol. The monoisotopic (exact) mass is 348 g/mol. The molecule has 3 heterocycles. The Morgan fingerprint density at radius 3 is 2.73 bits per heavy atom. The molecule has 0 radical (unpaired) electrons. The van der Waals surface area contributed by atoms with Crippen LogP contribution in [0.25, 0.3) is 11.0 Å². The molecule has 0 N–H and O–H groups in total. The van der Waals surface area contributed by atoms with Gasteiger partial charge in [0.05, 0.1) is 11.7 Å². The van der Waals surface area contributed by atoms with Crippen molar-refractivity contribution < 1.29 is 9.21 Å². The zero-order valence-corrected chi connectivity index (χ0v) is 15.6. The standard InChI is InChI=1S/C22H24N2O2/c1-14-10-11-17-16(3)21(26-20(17)15(14)2)22(25)24-13-7-5-9-19(24)18-8-4-6-12-23-18/h4,6,8,10-12,19H,5,7,9,13H2,1-3H3/t19-/m0/s1. The number of carbonyl (C=O) groups is 1. The lowest BCUT2D eigenvalue weighted by atomic mass is 9.98. The first kappa shape index (κ1) is 16.8. The van der Waals surface area contributed by atoms with Gasteiger partial charge in [-0.3, -0.25) is 9.78 Å². The second-order valence-corrected chi connectivity index (χ2v) is 7.21. The molecular formula is C22H24N2O2. The molecule has 1 saturated heterocycles. The summed E-state index contributed by atoms with van der Waals surface area (Å²) in [5, 5.41) is 1.03. The Morgan fingerprint density at radius 2 is 1.96 bits per heavy atom. The van der Waals surface area contributed by atoms with Crippen LogP contribution in [0.2, 0.25) is 0 Å². The molecule has 1 amide bonds. The van der Waals surface area contributed by atoms with E-state index in [1.54, 1.807) is 6.20 Å². The summed E-state index contributed by atoms with van der Waals surface area (Å²) in [4.78, 5) is 19.8. The topological polar surface area (TPSA) is 46.3 Å². The molecule has 1 fully saturated rings. The van der Waals surface area contributed by atoms with Crippen LogP contribution in [0, 0.1) is 20.8 Å². The van der Waals surface area contributed by atoms with Crippen LogP contribution < -0.4 is 0 Å². The lowest BCUT2D eigenvalue weighted by Crippen LogP contribution is -2.39. The molecular weight excluding hydrogens is 324 g/mol. The molecule has 0 unspecified atom stereocenters. The van der Waals surface area contributed by atoms with Crippen molar-refractivity contribution in [2.24, 2.45) is 0 Å². The number of aryl methyl sites for hydroxylation is 3. The number of carbonyl (C=O) groups excluding carboxylic acids is 1. The number of benzene rings is 1. The summed E-state index contributed by atoms with van der Waals surface area (Å²) < 4.78 is 6.10. The van der Waals surface area contributed by atoms with Gasteiger partial charge in [-0.05, 0) is 63.3 Å². The molecule has 0 bridgehead atoms. The number of rotatable bonds is 2. The van der Waals surface area contributed by atoms with Crippen LogP contribution in [-0.2, 0) is 0 Å². The number of hydrogen-bond acceptors (Lipinski definition) is 3. The van der Waals surface area contributed by atoms with Gasteiger partial charge in [0.1, 0.15) is 5.58 Å². The molecule has 2 aromatic heterocycles. The van der Waals surface area contributed by atoms with E-state index >= 15 is 0 Å². The highest BCUT2D eigenvalue weighted by Gasteiger charge is 2.32. The Bertz CT molecular complexity index is 959. The van der Waals surface area contributed by atoms with Crippen molar-refractivity contribution in [3.8, 4) is 0 Å². The molecule has 0 spiro atoms. The number of aromatic nitrogens is 1. The van der Waals surface area contributed by atoms with Gasteiger partial charge >= 0.3 is 0 Å². The summed E-state index contributed by atoms with van der Waals surface area (Å²) in [5.41, 5.74) is 5.00. The molecule has 1 atom stereocenters. The third kappa shape index (κ3) is 2.70. The molecule has 1 aromatic carbocycles. The maximum absolute atomic E-state index is 13.4. The van der Waals surface area contributed by atoms with Gasteiger partial charge in [0.25, 0.3) is 5.91 Å². The Labute approximate surface area is 153 Å². The Kier molecular flexibility index (Phi) is 4.27. The first-order valence-electron chi connectivity index (χ1n) is 9.29. The molecule has 134 valence electrons. The second-order valence-electron chi connectivity index (χ2n) is 7.21. The highest BCUT2D eigenvalue weighted by atomic mass is 16.3. The number of likely N-dealkylation sites (tertiary alicyclic amines) is 1. The zero-order valence-electron chi connectivity index (χ0n) is 15.6. The fourth-order valence-electron chi connectivity index (χ4n) is 3.91. The largest absolute Gasteiger partial charge is 0.450 e. The number of furan rings is 1. The number of piperidine rings is 1. The SMILES string of the molecule is Cc1ccc2c(C)c(C(=O)N3CCCC[C@H]3c3ccccn3)oc2c1C. The van der Waals surface area contributed by atoms with Gasteiger partial charge in [-0.15, -0.1) is 0 Å². The van der Waals surface area contributed by atoms with Crippen molar-refractivity contribution in [3.63, 3.8) is 0 Å². The van der Waals surface area contributed by atoms with Crippen LogP contribution in [0.4, 0.5) is 0 Å². The van der Waals surface area contributed by atoms with E-state index in [1.165, 1.54) is 5.56 Å². The predicted molar refractivity (Wildman–Crippen MR) is 102 cm³/mol. The van der Waals surface area contributed by atoms with Gasteiger partial charge in [-0.2, -0.15) is 0 Å². The molecule has 3 aromatic rings. The lowest BCUT2D eigenvalue weighted by Gasteiger charge is -2.35. The van der Waals surface area contributed by atoms with E-state index in [0.717, 1.165) is 53.6 Å². The number of amides is 1. The van der Waals surface area contributed by atoms with Crippen molar-refractivity contribution in [2.75, 3.05) is 6.54 Å². The quantitative estimate of drug-likeness (QED) is 0.646. The average Bonchev–Trinajstić information content (AvgIpc) is 3.02. The van der Waals surface area contributed by atoms with Crippen LogP contribution in [0.15, 0.2) is 40.9 Å². The second kappa shape index (κ2) is 6.60. The fourth-order valence-corrected chi connectivity index (χ4v) is 3.91. The molecule has 0 aliphatic carbocycles. The lowest BCUT2D eigenvalue weighted by molar-refractivity contribution is 0.0575. The highest BCUT2D eigenvalue weighted by molar-refractivity contribution is 6.00. The zero-order chi connectivity index (χ0) is 18.3. The van der Waals surface area contributed by atoms with E-state index < -0.39 is 0 Å². The van der Waals surface area contributed by atoms with Crippen LogP contribution >= 0.6 is 0 Å². The van der Waals surface area contributed by atoms with E-state index in [-0.39, 0.29) is 11.9 Å². The molecule has 0 saturated carbocycles. The molecule has 4 nitrogen and oxygen atoms in total. The van der Waals surface area contributed by atoms with Crippen molar-refractivity contribution in [3.05, 3.63) is 64.7 Å². The molecule has 1 aliphatic heterocycles. The van der Waals surface area contributed by atoms with E-state index in [4.69, 9.17) is 4.42 Å². The Hall–Kier alpha value is -2.62. The normalized spacial score (nSPS) is 17.7. The number of hydrogen-bond donors (Lipinski definition) is 0. The summed E-state index contributed by atoms with van der Waals surface area (Å²) in [6.07, 6.45) is 4.88. The van der Waals surface area contributed by atoms with Crippen LogP contribution in [-0.4, -0.2) is 22.3 Å². The minimum Gasteiger partial charge on any atom is -0.450 e. The maximum Gasteiger partial charge on any atom is 0.290 e. The third-order valence-electron chi connectivity index (χ3n) is 5.61. The minimum absolute atomic E-state index is 0.0212.